The zero-order valence-corrected chi connectivity index (χ0v) is 13.8. The molecule has 100 valence electrons. The normalized spacial score (nSPS) is 12.6. The van der Waals surface area contributed by atoms with Gasteiger partial charge in [0.2, 0.25) is 0 Å². The molecule has 17 heavy (non-hydrogen) atoms. The summed E-state index contributed by atoms with van der Waals surface area (Å²) < 4.78 is 0. The van der Waals surface area contributed by atoms with Crippen LogP contribution in [-0.4, -0.2) is 38.7 Å². The first-order valence-corrected chi connectivity index (χ1v) is 13.0. The summed E-state index contributed by atoms with van der Waals surface area (Å²) in [5, 5.41) is 9.14. The van der Waals surface area contributed by atoms with Crippen molar-refractivity contribution in [3.8, 4) is 0 Å². The highest BCUT2D eigenvalue weighted by atomic mass is 28.4. The first-order valence-electron chi connectivity index (χ1n) is 6.29. The minimum absolute atomic E-state index is 0.0620. The minimum Gasteiger partial charge on any atom is -0.396 e. The molecule has 0 amide bonds. The van der Waals surface area contributed by atoms with Gasteiger partial charge >= 0.3 is 0 Å². The van der Waals surface area contributed by atoms with Crippen LogP contribution in [0.4, 0.5) is 4.79 Å². The van der Waals surface area contributed by atoms with Crippen molar-refractivity contribution in [1.29, 1.82) is 0 Å². The van der Waals surface area contributed by atoms with Crippen molar-refractivity contribution in [2.45, 2.75) is 58.0 Å². The quantitative estimate of drug-likeness (QED) is 0.692. The van der Waals surface area contributed by atoms with Crippen molar-refractivity contribution < 1.29 is 14.7 Å². The van der Waals surface area contributed by atoms with Gasteiger partial charge in [0.25, 0.3) is 0 Å². The predicted molar refractivity (Wildman–Crippen MR) is 77.0 cm³/mol. The highest BCUT2D eigenvalue weighted by molar-refractivity contribution is 7.31. The number of ketones is 1. The van der Waals surface area contributed by atoms with E-state index in [4.69, 9.17) is 5.11 Å². The SMILES string of the molecule is C[Si](C)(C)C(=O)[Si](C)(C)CCCC(=O)CCO. The van der Waals surface area contributed by atoms with Gasteiger partial charge in [-0.2, -0.15) is 0 Å². The van der Waals surface area contributed by atoms with Gasteiger partial charge < -0.3 is 9.90 Å². The predicted octanol–water partition coefficient (Wildman–Crippen LogP) is 3.05. The van der Waals surface area contributed by atoms with Crippen molar-refractivity contribution >= 4 is 27.0 Å². The zero-order chi connectivity index (χ0) is 13.7. The molecule has 0 fully saturated rings. The van der Waals surface area contributed by atoms with E-state index in [0.717, 1.165) is 12.5 Å². The van der Waals surface area contributed by atoms with Gasteiger partial charge in [-0.05, 0) is 6.42 Å². The zero-order valence-electron chi connectivity index (χ0n) is 11.8. The average Bonchev–Trinajstić information content (AvgIpc) is 2.15. The largest absolute Gasteiger partial charge is 0.396 e. The molecular formula is C12H26O3Si2. The Labute approximate surface area is 107 Å². The molecule has 5 heteroatoms. The standard InChI is InChI=1S/C12H26O3Si2/c1-16(2,3)12(15)17(4,5)10-6-7-11(14)8-9-13/h13H,6-10H2,1-5H3. The smallest absolute Gasteiger partial charge is 0.135 e. The maximum atomic E-state index is 12.3. The summed E-state index contributed by atoms with van der Waals surface area (Å²) in [7, 11) is -3.51. The number of hydrogen-bond donors (Lipinski definition) is 1. The van der Waals surface area contributed by atoms with E-state index in [2.05, 4.69) is 32.7 Å². The maximum absolute atomic E-state index is 12.3. The number of rotatable bonds is 8. The fraction of sp³-hybridized carbons (Fsp3) is 0.833. The molecule has 0 aromatic carbocycles. The third kappa shape index (κ3) is 6.28. The van der Waals surface area contributed by atoms with Crippen LogP contribution in [0.1, 0.15) is 19.3 Å². The van der Waals surface area contributed by atoms with Crippen LogP contribution < -0.4 is 0 Å². The van der Waals surface area contributed by atoms with Crippen LogP contribution in [0.25, 0.3) is 0 Å². The van der Waals surface area contributed by atoms with E-state index in [0.29, 0.717) is 11.5 Å². The maximum Gasteiger partial charge on any atom is 0.135 e. The number of Topliss-reactive ketones (excluding diaryl/α,β-unsaturated/α-hetero) is 1. The van der Waals surface area contributed by atoms with Gasteiger partial charge in [-0.1, -0.05) is 38.8 Å². The Hall–Kier alpha value is -0.266. The number of aliphatic hydroxyl groups excluding tert-OH is 1. The number of hydrogen-bond acceptors (Lipinski definition) is 3. The van der Waals surface area contributed by atoms with Gasteiger partial charge in [0.05, 0.1) is 5.03 Å². The van der Waals surface area contributed by atoms with E-state index in [9.17, 15) is 9.59 Å². The molecule has 0 heterocycles. The fourth-order valence-electron chi connectivity index (χ4n) is 2.11. The van der Waals surface area contributed by atoms with Crippen LogP contribution in [0.2, 0.25) is 38.8 Å². The van der Waals surface area contributed by atoms with E-state index < -0.39 is 16.1 Å². The van der Waals surface area contributed by atoms with Crippen molar-refractivity contribution in [3.63, 3.8) is 0 Å². The monoisotopic (exact) mass is 274 g/mol. The van der Waals surface area contributed by atoms with E-state index >= 15 is 0 Å². The Balaban J connectivity index is 4.19. The van der Waals surface area contributed by atoms with E-state index in [-0.39, 0.29) is 18.8 Å². The second-order valence-electron chi connectivity index (χ2n) is 6.33. The number of aliphatic hydroxyl groups is 1. The second-order valence-corrected chi connectivity index (χ2v) is 16.5. The van der Waals surface area contributed by atoms with E-state index in [1.165, 1.54) is 0 Å². The Morgan fingerprint density at radius 1 is 1.00 bits per heavy atom. The highest BCUT2D eigenvalue weighted by Gasteiger charge is 2.38. The molecule has 0 aromatic heterocycles. The second kappa shape index (κ2) is 6.61. The van der Waals surface area contributed by atoms with Gasteiger partial charge in [0.15, 0.2) is 0 Å². The Bertz CT molecular complexity index is 280. The van der Waals surface area contributed by atoms with Crippen molar-refractivity contribution in [3.05, 3.63) is 0 Å². The van der Waals surface area contributed by atoms with Crippen molar-refractivity contribution in [2.24, 2.45) is 0 Å². The van der Waals surface area contributed by atoms with Crippen LogP contribution >= 0.6 is 0 Å². The molecule has 0 aliphatic carbocycles. The summed E-state index contributed by atoms with van der Waals surface area (Å²) in [6, 6.07) is 0.896. The van der Waals surface area contributed by atoms with Crippen LogP contribution in [-0.2, 0) is 4.79 Å². The molecule has 0 unspecified atom stereocenters. The lowest BCUT2D eigenvalue weighted by Crippen LogP contribution is -2.50. The molecule has 3 nitrogen and oxygen atoms in total. The topological polar surface area (TPSA) is 54.4 Å². The van der Waals surface area contributed by atoms with E-state index in [1.54, 1.807) is 0 Å². The lowest BCUT2D eigenvalue weighted by atomic mass is 10.2. The molecule has 0 spiro atoms. The molecule has 0 aliphatic rings. The summed E-state index contributed by atoms with van der Waals surface area (Å²) >= 11 is 0. The van der Waals surface area contributed by atoms with Gasteiger partial charge in [-0.25, -0.2) is 0 Å². The molecule has 0 atom stereocenters. The molecule has 0 aromatic rings. The highest BCUT2D eigenvalue weighted by Crippen LogP contribution is 2.21. The Morgan fingerprint density at radius 2 is 1.53 bits per heavy atom. The minimum atomic E-state index is -1.82. The van der Waals surface area contributed by atoms with Gasteiger partial charge in [0.1, 0.15) is 21.9 Å². The van der Waals surface area contributed by atoms with Gasteiger partial charge in [-0.15, -0.1) is 0 Å². The molecule has 0 radical (unpaired) electrons. The van der Waals surface area contributed by atoms with Gasteiger partial charge in [0, 0.05) is 19.4 Å². The summed E-state index contributed by atoms with van der Waals surface area (Å²) in [6.45, 7) is 10.5. The summed E-state index contributed by atoms with van der Waals surface area (Å²) in [5.74, 6) is 0.109. The molecule has 0 bridgehead atoms. The first kappa shape index (κ1) is 16.7. The first-order chi connectivity index (χ1) is 7.61. The lowest BCUT2D eigenvalue weighted by molar-refractivity contribution is -0.119. The van der Waals surface area contributed by atoms with Crippen LogP contribution in [0.5, 0.6) is 0 Å². The van der Waals surface area contributed by atoms with Crippen LogP contribution in [0.3, 0.4) is 0 Å². The molecule has 0 rings (SSSR count). The molecule has 1 N–H and O–H groups in total. The Kier molecular flexibility index (Phi) is 6.51. The summed E-state index contributed by atoms with van der Waals surface area (Å²) in [5.41, 5.74) is 0. The number of carbonyl (C=O) groups excluding carboxylic acids is 2. The molecular weight excluding hydrogens is 248 g/mol. The van der Waals surface area contributed by atoms with E-state index in [1.807, 2.05) is 0 Å². The average molecular weight is 275 g/mol. The fourth-order valence-corrected chi connectivity index (χ4v) is 11.9. The van der Waals surface area contributed by atoms with Crippen molar-refractivity contribution in [1.82, 2.24) is 0 Å². The molecule has 0 aliphatic heterocycles. The third-order valence-corrected chi connectivity index (χ3v) is 11.4. The molecule has 0 saturated carbocycles. The summed E-state index contributed by atoms with van der Waals surface area (Å²) in [4.78, 5) is 23.6. The number of carbonyl (C=O) groups is 2. The Morgan fingerprint density at radius 3 is 1.94 bits per heavy atom. The molecule has 0 saturated heterocycles. The summed E-state index contributed by atoms with van der Waals surface area (Å²) in [6.07, 6.45) is 1.56. The third-order valence-electron chi connectivity index (χ3n) is 2.94. The van der Waals surface area contributed by atoms with Gasteiger partial charge in [-0.3, -0.25) is 4.79 Å². The van der Waals surface area contributed by atoms with Crippen molar-refractivity contribution in [2.75, 3.05) is 6.61 Å². The van der Waals surface area contributed by atoms with Crippen LogP contribution in [0.15, 0.2) is 0 Å². The lowest BCUT2D eigenvalue weighted by Gasteiger charge is -2.27. The van der Waals surface area contributed by atoms with Crippen LogP contribution in [0, 0.1) is 0 Å².